The molecular formula is C30H36N6O2S. The molecule has 1 aliphatic rings. The number of hydrogen-bond donors (Lipinski definition) is 1. The lowest BCUT2D eigenvalue weighted by Crippen LogP contribution is -2.39. The average molecular weight is 545 g/mol. The molecule has 9 heteroatoms. The van der Waals surface area contributed by atoms with Crippen LogP contribution in [0.25, 0.3) is 10.3 Å². The van der Waals surface area contributed by atoms with Crippen molar-refractivity contribution < 1.29 is 9.59 Å². The van der Waals surface area contributed by atoms with Gasteiger partial charge in [0.15, 0.2) is 16.5 Å². The molecule has 5 rings (SSSR count). The molecule has 0 spiro atoms. The fourth-order valence-corrected chi connectivity index (χ4v) is 5.90. The predicted molar refractivity (Wildman–Crippen MR) is 156 cm³/mol. The van der Waals surface area contributed by atoms with Gasteiger partial charge in [-0.05, 0) is 71.3 Å². The van der Waals surface area contributed by atoms with E-state index >= 15 is 0 Å². The standard InChI is InChI=1S/C30H36N6O2S/c1-20-13-15-22(16-14-20)27(37)32-29-31-26-25(39-29)24(33-36(26)30(2,3)4)28(38)34(5)23(19-35-17-9-10-18-35)21-11-7-6-8-12-21/h6-8,11-16,23H,9-10,17-19H2,1-5H3,(H,31,32,37)/t23-/m1/s1. The zero-order valence-electron chi connectivity index (χ0n) is 23.3. The van der Waals surface area contributed by atoms with Crippen molar-refractivity contribution in [3.63, 3.8) is 0 Å². The van der Waals surface area contributed by atoms with E-state index in [1.54, 1.807) is 16.8 Å². The molecule has 0 unspecified atom stereocenters. The number of aromatic nitrogens is 3. The maximum absolute atomic E-state index is 14.1. The van der Waals surface area contributed by atoms with Crippen molar-refractivity contribution >= 4 is 38.6 Å². The Morgan fingerprint density at radius 3 is 2.36 bits per heavy atom. The van der Waals surface area contributed by atoms with E-state index in [0.717, 1.165) is 30.8 Å². The number of anilines is 1. The fourth-order valence-electron chi connectivity index (χ4n) is 4.98. The quantitative estimate of drug-likeness (QED) is 0.322. The first-order chi connectivity index (χ1) is 18.6. The van der Waals surface area contributed by atoms with Crippen molar-refractivity contribution in [3.05, 3.63) is 77.0 Å². The van der Waals surface area contributed by atoms with Crippen LogP contribution in [0.2, 0.25) is 0 Å². The first kappa shape index (κ1) is 27.0. The van der Waals surface area contributed by atoms with Crippen molar-refractivity contribution in [3.8, 4) is 0 Å². The highest BCUT2D eigenvalue weighted by Gasteiger charge is 2.32. The van der Waals surface area contributed by atoms with Crippen LogP contribution in [0, 0.1) is 6.92 Å². The normalized spacial score (nSPS) is 15.0. The molecule has 2 amide bonds. The van der Waals surface area contributed by atoms with Gasteiger partial charge in [0.05, 0.1) is 11.6 Å². The molecule has 1 fully saturated rings. The summed E-state index contributed by atoms with van der Waals surface area (Å²) in [5.74, 6) is -0.391. The molecular weight excluding hydrogens is 508 g/mol. The first-order valence-corrected chi connectivity index (χ1v) is 14.3. The molecule has 2 aromatic heterocycles. The summed E-state index contributed by atoms with van der Waals surface area (Å²) in [4.78, 5) is 36.0. The summed E-state index contributed by atoms with van der Waals surface area (Å²) in [6.45, 7) is 10.9. The number of carbonyl (C=O) groups is 2. The fraction of sp³-hybridized carbons (Fsp3) is 0.400. The number of benzene rings is 2. The molecule has 0 radical (unpaired) electrons. The Bertz CT molecular complexity index is 1460. The summed E-state index contributed by atoms with van der Waals surface area (Å²) < 4.78 is 2.47. The molecule has 4 aromatic rings. The van der Waals surface area contributed by atoms with Gasteiger partial charge in [0.25, 0.3) is 11.8 Å². The van der Waals surface area contributed by atoms with Gasteiger partial charge in [-0.2, -0.15) is 10.1 Å². The van der Waals surface area contributed by atoms with Crippen LogP contribution in [0.1, 0.15) is 71.6 Å². The second-order valence-electron chi connectivity index (χ2n) is 11.3. The monoisotopic (exact) mass is 544 g/mol. The van der Waals surface area contributed by atoms with Gasteiger partial charge < -0.3 is 9.80 Å². The number of carbonyl (C=O) groups excluding carboxylic acids is 2. The van der Waals surface area contributed by atoms with E-state index in [9.17, 15) is 9.59 Å². The molecule has 204 valence electrons. The number of hydrogen-bond acceptors (Lipinski definition) is 6. The van der Waals surface area contributed by atoms with E-state index in [1.807, 2.05) is 70.0 Å². The summed E-state index contributed by atoms with van der Waals surface area (Å²) in [7, 11) is 1.86. The molecule has 1 N–H and O–H groups in total. The minimum absolute atomic E-state index is 0.111. The van der Waals surface area contributed by atoms with Crippen LogP contribution in [0.4, 0.5) is 5.13 Å². The van der Waals surface area contributed by atoms with Crippen molar-refractivity contribution in [1.29, 1.82) is 0 Å². The topological polar surface area (TPSA) is 83.4 Å². The zero-order chi connectivity index (χ0) is 27.7. The Labute approximate surface area is 233 Å². The number of aryl methyl sites for hydroxylation is 1. The molecule has 0 aliphatic carbocycles. The molecule has 1 saturated heterocycles. The number of thiazole rings is 1. The average Bonchev–Trinajstić information content (AvgIpc) is 3.64. The minimum Gasteiger partial charge on any atom is -0.332 e. The third kappa shape index (κ3) is 5.74. The maximum atomic E-state index is 14.1. The van der Waals surface area contributed by atoms with Crippen LogP contribution in [-0.2, 0) is 5.54 Å². The van der Waals surface area contributed by atoms with E-state index in [2.05, 4.69) is 22.3 Å². The predicted octanol–water partition coefficient (Wildman–Crippen LogP) is 5.72. The van der Waals surface area contributed by atoms with Gasteiger partial charge in [0, 0.05) is 19.2 Å². The Morgan fingerprint density at radius 2 is 1.72 bits per heavy atom. The van der Waals surface area contributed by atoms with Crippen molar-refractivity contribution in [2.75, 3.05) is 32.0 Å². The third-order valence-corrected chi connectivity index (χ3v) is 8.17. The highest BCUT2D eigenvalue weighted by molar-refractivity contribution is 7.22. The van der Waals surface area contributed by atoms with E-state index in [1.165, 1.54) is 24.2 Å². The number of amides is 2. The summed E-state index contributed by atoms with van der Waals surface area (Å²) >= 11 is 1.29. The third-order valence-electron chi connectivity index (χ3n) is 7.20. The van der Waals surface area contributed by atoms with Crippen molar-refractivity contribution in [1.82, 2.24) is 24.6 Å². The number of nitrogens with one attached hydrogen (secondary N) is 1. The number of nitrogens with zero attached hydrogens (tertiary/aromatic N) is 5. The van der Waals surface area contributed by atoms with Gasteiger partial charge in [0.2, 0.25) is 0 Å². The Balaban J connectivity index is 1.49. The Kier molecular flexibility index (Phi) is 7.55. The lowest BCUT2D eigenvalue weighted by molar-refractivity contribution is 0.0690. The number of fused-ring (bicyclic) bond motifs is 1. The summed E-state index contributed by atoms with van der Waals surface area (Å²) in [6, 6.07) is 17.5. The van der Waals surface area contributed by atoms with Crippen LogP contribution in [0.3, 0.4) is 0 Å². The van der Waals surface area contributed by atoms with E-state index in [4.69, 9.17) is 10.1 Å². The first-order valence-electron chi connectivity index (χ1n) is 13.4. The van der Waals surface area contributed by atoms with Crippen LogP contribution in [0.5, 0.6) is 0 Å². The Hall–Kier alpha value is -3.56. The largest absolute Gasteiger partial charge is 0.332 e. The van der Waals surface area contributed by atoms with Gasteiger partial charge in [0.1, 0.15) is 4.70 Å². The smallest absolute Gasteiger partial charge is 0.276 e. The van der Waals surface area contributed by atoms with Crippen molar-refractivity contribution in [2.45, 2.75) is 52.1 Å². The molecule has 0 saturated carbocycles. The zero-order valence-corrected chi connectivity index (χ0v) is 24.1. The van der Waals surface area contributed by atoms with Crippen LogP contribution in [-0.4, -0.2) is 63.1 Å². The van der Waals surface area contributed by atoms with Gasteiger partial charge in [-0.1, -0.05) is 59.4 Å². The molecule has 2 aromatic carbocycles. The summed E-state index contributed by atoms with van der Waals surface area (Å²) in [5.41, 5.74) is 3.29. The molecule has 1 aliphatic heterocycles. The molecule has 8 nitrogen and oxygen atoms in total. The van der Waals surface area contributed by atoms with Crippen LogP contribution < -0.4 is 5.32 Å². The molecule has 1 atom stereocenters. The SMILES string of the molecule is Cc1ccc(C(=O)Nc2nc3c(s2)c(C(=O)N(C)[C@H](CN2CCCC2)c2ccccc2)nn3C(C)(C)C)cc1. The summed E-state index contributed by atoms with van der Waals surface area (Å²) in [6.07, 6.45) is 2.38. The van der Waals surface area contributed by atoms with Crippen LogP contribution >= 0.6 is 11.3 Å². The van der Waals surface area contributed by atoms with E-state index in [-0.39, 0.29) is 17.9 Å². The highest BCUT2D eigenvalue weighted by Crippen LogP contribution is 2.34. The summed E-state index contributed by atoms with van der Waals surface area (Å²) in [5, 5.41) is 8.15. The van der Waals surface area contributed by atoms with Crippen molar-refractivity contribution in [2.24, 2.45) is 0 Å². The second-order valence-corrected chi connectivity index (χ2v) is 12.3. The molecule has 3 heterocycles. The highest BCUT2D eigenvalue weighted by atomic mass is 32.1. The van der Waals surface area contributed by atoms with Gasteiger partial charge in [-0.15, -0.1) is 0 Å². The lowest BCUT2D eigenvalue weighted by atomic mass is 10.0. The van der Waals surface area contributed by atoms with E-state index < -0.39 is 5.54 Å². The number of likely N-dealkylation sites (N-methyl/N-ethyl adjacent to an activating group) is 1. The number of likely N-dealkylation sites (tertiary alicyclic amines) is 1. The Morgan fingerprint density at radius 1 is 1.05 bits per heavy atom. The van der Waals surface area contributed by atoms with Gasteiger partial charge in [-0.3, -0.25) is 14.9 Å². The molecule has 0 bridgehead atoms. The lowest BCUT2D eigenvalue weighted by Gasteiger charge is -2.31. The van der Waals surface area contributed by atoms with E-state index in [0.29, 0.717) is 26.7 Å². The van der Waals surface area contributed by atoms with Gasteiger partial charge in [-0.25, -0.2) is 4.68 Å². The maximum Gasteiger partial charge on any atom is 0.276 e. The number of rotatable bonds is 7. The second kappa shape index (κ2) is 10.9. The van der Waals surface area contributed by atoms with Gasteiger partial charge >= 0.3 is 0 Å². The minimum atomic E-state index is -0.407. The van der Waals surface area contributed by atoms with Crippen LogP contribution in [0.15, 0.2) is 54.6 Å². The molecule has 39 heavy (non-hydrogen) atoms.